The molecule has 0 unspecified atom stereocenters. The Bertz CT molecular complexity index is 2470. The number of aromatic hydroxyl groups is 3. The average molecular weight is 805 g/mol. The summed E-state index contributed by atoms with van der Waals surface area (Å²) in [6, 6.07) is 19.7. The normalized spacial score (nSPS) is 10.8. The molecule has 0 aliphatic heterocycles. The highest BCUT2D eigenvalue weighted by Gasteiger charge is 2.24. The van der Waals surface area contributed by atoms with Crippen LogP contribution in [0.15, 0.2) is 96.7 Å². The third kappa shape index (κ3) is 10.3. The second kappa shape index (κ2) is 18.5. The van der Waals surface area contributed by atoms with Crippen LogP contribution in [0.25, 0.3) is 6.08 Å². The van der Waals surface area contributed by atoms with Gasteiger partial charge in [0.1, 0.15) is 17.0 Å². The Morgan fingerprint density at radius 2 is 1.22 bits per heavy atom. The van der Waals surface area contributed by atoms with Crippen molar-refractivity contribution >= 4 is 64.3 Å². The van der Waals surface area contributed by atoms with E-state index in [2.05, 4.69) is 31.6 Å². The van der Waals surface area contributed by atoms with Crippen LogP contribution in [0.5, 0.6) is 28.7 Å². The van der Waals surface area contributed by atoms with Crippen LogP contribution >= 0.6 is 0 Å². The first-order valence-electron chi connectivity index (χ1n) is 17.3. The number of methoxy groups -OCH3 is 2. The SMILES string of the molecule is COc1c(NC(=O)c2ccc(NC(=O)c3ccc(NC(=O)CNC(=O)c4ccc(NC(=O)/C(C)=C/c5ccc(O)cc5)cn4)cc3)c(OC)c2O)ccc(C(=O)O)c1O. The van der Waals surface area contributed by atoms with Crippen LogP contribution in [0, 0.1) is 0 Å². The van der Waals surface area contributed by atoms with Crippen molar-refractivity contribution in [2.75, 3.05) is 42.0 Å². The lowest BCUT2D eigenvalue weighted by Gasteiger charge is -2.16. The monoisotopic (exact) mass is 804 g/mol. The summed E-state index contributed by atoms with van der Waals surface area (Å²) in [5.74, 6) is -6.37. The first-order valence-corrected chi connectivity index (χ1v) is 17.3. The van der Waals surface area contributed by atoms with Crippen molar-refractivity contribution in [3.05, 3.63) is 125 Å². The number of anilines is 4. The Hall–Kier alpha value is -8.41. The maximum Gasteiger partial charge on any atom is 0.339 e. The van der Waals surface area contributed by atoms with E-state index in [1.54, 1.807) is 25.1 Å². The average Bonchev–Trinajstić information content (AvgIpc) is 3.21. The van der Waals surface area contributed by atoms with Crippen molar-refractivity contribution in [3.8, 4) is 28.7 Å². The summed E-state index contributed by atoms with van der Waals surface area (Å²) >= 11 is 0. The minimum Gasteiger partial charge on any atom is -0.508 e. The highest BCUT2D eigenvalue weighted by atomic mass is 16.5. The van der Waals surface area contributed by atoms with Crippen molar-refractivity contribution in [2.45, 2.75) is 6.92 Å². The number of hydrogen-bond acceptors (Lipinski definition) is 12. The lowest BCUT2D eigenvalue weighted by Crippen LogP contribution is -2.33. The van der Waals surface area contributed by atoms with E-state index in [0.29, 0.717) is 16.9 Å². The maximum atomic E-state index is 13.1. The molecule has 5 aromatic rings. The van der Waals surface area contributed by atoms with Crippen LogP contribution < -0.4 is 36.1 Å². The van der Waals surface area contributed by atoms with Gasteiger partial charge in [-0.3, -0.25) is 24.0 Å². The van der Waals surface area contributed by atoms with Crippen molar-refractivity contribution in [2.24, 2.45) is 0 Å². The molecule has 0 radical (unpaired) electrons. The van der Waals surface area contributed by atoms with Gasteiger partial charge >= 0.3 is 5.97 Å². The lowest BCUT2D eigenvalue weighted by atomic mass is 10.1. The molecular formula is C41H36N6O12. The number of nitrogens with zero attached hydrogens (tertiary/aromatic N) is 1. The minimum atomic E-state index is -1.42. The smallest absolute Gasteiger partial charge is 0.339 e. The summed E-state index contributed by atoms with van der Waals surface area (Å²) in [5, 5.41) is 52.5. The largest absolute Gasteiger partial charge is 0.508 e. The number of benzene rings is 4. The highest BCUT2D eigenvalue weighted by molar-refractivity contribution is 6.10. The summed E-state index contributed by atoms with van der Waals surface area (Å²) in [5.41, 5.74) is 1.07. The zero-order valence-corrected chi connectivity index (χ0v) is 31.4. The molecule has 0 fully saturated rings. The van der Waals surface area contributed by atoms with Crippen molar-refractivity contribution in [1.29, 1.82) is 0 Å². The third-order valence-electron chi connectivity index (χ3n) is 8.37. The summed E-state index contributed by atoms with van der Waals surface area (Å²) in [7, 11) is 2.37. The number of aromatic nitrogens is 1. The first-order chi connectivity index (χ1) is 28.2. The molecule has 0 spiro atoms. The number of amides is 5. The van der Waals surface area contributed by atoms with Gasteiger partial charge in [0.15, 0.2) is 23.0 Å². The number of phenolic OH excluding ortho intramolecular Hbond substituents is 2. The van der Waals surface area contributed by atoms with Gasteiger partial charge in [0, 0.05) is 16.8 Å². The van der Waals surface area contributed by atoms with Gasteiger partial charge in [0.05, 0.1) is 49.6 Å². The van der Waals surface area contributed by atoms with E-state index in [0.717, 1.165) is 18.7 Å². The number of carboxylic acid groups (broad SMARTS) is 1. The van der Waals surface area contributed by atoms with Crippen LogP contribution in [-0.4, -0.2) is 81.7 Å². The number of rotatable bonds is 14. The van der Waals surface area contributed by atoms with Gasteiger partial charge in [-0.15, -0.1) is 0 Å². The van der Waals surface area contributed by atoms with Gasteiger partial charge in [-0.2, -0.15) is 0 Å². The summed E-state index contributed by atoms with van der Waals surface area (Å²) in [6.45, 7) is 1.21. The number of hydrogen-bond donors (Lipinski definition) is 9. The quantitative estimate of drug-likeness (QED) is 0.0682. The van der Waals surface area contributed by atoms with Crippen LogP contribution in [0.2, 0.25) is 0 Å². The molecule has 1 aromatic heterocycles. The molecule has 5 rings (SSSR count). The Labute approximate surface area is 335 Å². The molecule has 1 heterocycles. The van der Waals surface area contributed by atoms with Gasteiger partial charge < -0.3 is 56.5 Å². The second-order valence-electron chi connectivity index (χ2n) is 12.4. The predicted molar refractivity (Wildman–Crippen MR) is 214 cm³/mol. The number of aromatic carboxylic acids is 1. The van der Waals surface area contributed by atoms with Crippen molar-refractivity contribution in [1.82, 2.24) is 10.3 Å². The van der Waals surface area contributed by atoms with Crippen molar-refractivity contribution in [3.63, 3.8) is 0 Å². The predicted octanol–water partition coefficient (Wildman–Crippen LogP) is 4.83. The zero-order valence-electron chi connectivity index (χ0n) is 31.4. The fourth-order valence-electron chi connectivity index (χ4n) is 5.37. The lowest BCUT2D eigenvalue weighted by molar-refractivity contribution is -0.115. The molecule has 18 nitrogen and oxygen atoms in total. The number of carbonyl (C=O) groups excluding carboxylic acids is 5. The van der Waals surface area contributed by atoms with Crippen LogP contribution in [0.4, 0.5) is 22.7 Å². The Morgan fingerprint density at radius 3 is 1.80 bits per heavy atom. The molecule has 0 saturated carbocycles. The molecule has 0 aliphatic rings. The van der Waals surface area contributed by atoms with Gasteiger partial charge in [0.25, 0.3) is 23.6 Å². The molecule has 18 heteroatoms. The number of carboxylic acids is 1. The molecule has 0 saturated heterocycles. The molecule has 59 heavy (non-hydrogen) atoms. The van der Waals surface area contributed by atoms with Gasteiger partial charge in [-0.1, -0.05) is 12.1 Å². The Balaban J connectivity index is 1.12. The summed E-state index contributed by atoms with van der Waals surface area (Å²) < 4.78 is 10.3. The van der Waals surface area contributed by atoms with E-state index in [1.807, 2.05) is 0 Å². The first kappa shape index (κ1) is 41.7. The molecule has 302 valence electrons. The number of nitrogens with one attached hydrogen (secondary N) is 5. The van der Waals surface area contributed by atoms with Crippen LogP contribution in [0.3, 0.4) is 0 Å². The standard InChI is InChI=1S/C41H36N6O12/c1-21(18-22-4-11-26(48)12-5-22)37(52)45-25-10-15-31(42-19-25)40(55)43-20-32(49)44-24-8-6-23(7-9-24)38(53)46-29-16-13-27(33(50)35(29)58-2)39(54)47-30-17-14-28(41(56)57)34(51)36(30)59-3/h4-19,48,50-51H,20H2,1-3H3,(H,43,55)(H,44,49)(H,45,52)(H,46,53)(H,47,54)(H,56,57)/b21-18+. The fraction of sp³-hybridized carbons (Fsp3) is 0.0976. The van der Waals surface area contributed by atoms with E-state index < -0.39 is 59.1 Å². The summed E-state index contributed by atoms with van der Waals surface area (Å²) in [6.07, 6.45) is 2.94. The summed E-state index contributed by atoms with van der Waals surface area (Å²) in [4.78, 5) is 79.3. The fourth-order valence-corrected chi connectivity index (χ4v) is 5.37. The van der Waals surface area contributed by atoms with E-state index in [4.69, 9.17) is 9.47 Å². The van der Waals surface area contributed by atoms with Gasteiger partial charge in [0.2, 0.25) is 5.91 Å². The number of ether oxygens (including phenoxy) is 2. The van der Waals surface area contributed by atoms with Crippen LogP contribution in [-0.2, 0) is 9.59 Å². The van der Waals surface area contributed by atoms with Gasteiger partial charge in [-0.25, -0.2) is 9.78 Å². The molecular weight excluding hydrogens is 768 g/mol. The van der Waals surface area contributed by atoms with E-state index >= 15 is 0 Å². The zero-order chi connectivity index (χ0) is 42.8. The minimum absolute atomic E-state index is 0.00278. The number of phenols is 3. The molecule has 9 N–H and O–H groups in total. The number of carbonyl (C=O) groups is 6. The highest BCUT2D eigenvalue weighted by Crippen LogP contribution is 2.40. The number of pyridine rings is 1. The second-order valence-corrected chi connectivity index (χ2v) is 12.4. The van der Waals surface area contributed by atoms with E-state index in [9.17, 15) is 49.2 Å². The molecule has 0 aliphatic carbocycles. The molecule has 0 atom stereocenters. The van der Waals surface area contributed by atoms with Crippen molar-refractivity contribution < 1.29 is 58.7 Å². The van der Waals surface area contributed by atoms with E-state index in [1.165, 1.54) is 80.0 Å². The van der Waals surface area contributed by atoms with Gasteiger partial charge in [-0.05, 0) is 91.4 Å². The van der Waals surface area contributed by atoms with E-state index in [-0.39, 0.29) is 45.4 Å². The third-order valence-corrected chi connectivity index (χ3v) is 8.37. The molecule has 0 bridgehead atoms. The Kier molecular flexibility index (Phi) is 13.1. The molecule has 4 aromatic carbocycles. The Morgan fingerprint density at radius 1 is 0.644 bits per heavy atom. The van der Waals surface area contributed by atoms with Crippen LogP contribution in [0.1, 0.15) is 54.0 Å². The topological polar surface area (TPSA) is 275 Å². The maximum absolute atomic E-state index is 13.1. The molecule has 5 amide bonds.